The molecule has 17 aromatic rings. The lowest BCUT2D eigenvalue weighted by Crippen LogP contribution is -2.11. The molecule has 0 aliphatic rings. The highest BCUT2D eigenvalue weighted by atomic mass is 15.2. The number of pyridine rings is 1. The number of hydrogen-bond donors (Lipinski definition) is 0. The molecule has 0 bridgehead atoms. The Balaban J connectivity index is 1.05. The molecule has 0 unspecified atom stereocenters. The van der Waals surface area contributed by atoms with Crippen LogP contribution in [-0.4, -0.2) is 18.7 Å². The van der Waals surface area contributed by atoms with Gasteiger partial charge >= 0.3 is 0 Å². The Bertz CT molecular complexity index is 5350. The maximum absolute atomic E-state index is 10.8. The first-order valence-electron chi connectivity index (χ1n) is 30.2. The number of hydrogen-bond acceptors (Lipinski definition) is 2. The fraction of sp³-hybridized carbons (Fsp3) is 0. The van der Waals surface area contributed by atoms with Gasteiger partial charge in [0.05, 0.1) is 50.4 Å². The van der Waals surface area contributed by atoms with Crippen molar-refractivity contribution in [2.24, 2.45) is 0 Å². The summed E-state index contributed by atoms with van der Waals surface area (Å²) >= 11 is 0. The van der Waals surface area contributed by atoms with Gasteiger partial charge in [0.25, 0.3) is 0 Å². The SMILES string of the molecule is N#Cc1cccc(-c2cc(-n3c4ccc(-c5ccccc5)cc4c4cc(-c5ccccc5)ccc43)nc(-n3c4ccc(-c5ccccc5)cc4c4cc(-c5ccccc5)ccc43)c2-n2c3ccc(-c4ccccc4)cc3c3cc(-c4ccccc4)ccc32)c1. The molecular formula is C84H53N5. The van der Waals surface area contributed by atoms with Gasteiger partial charge in [-0.15, -0.1) is 0 Å². The molecule has 17 rings (SSSR count). The third kappa shape index (κ3) is 8.73. The van der Waals surface area contributed by atoms with E-state index in [0.29, 0.717) is 5.56 Å². The molecule has 0 aliphatic carbocycles. The third-order valence-electron chi connectivity index (χ3n) is 17.9. The zero-order chi connectivity index (χ0) is 58.9. The number of benzene rings is 13. The van der Waals surface area contributed by atoms with Gasteiger partial charge in [-0.05, 0) is 163 Å². The molecule has 414 valence electrons. The van der Waals surface area contributed by atoms with E-state index in [1.165, 1.54) is 0 Å². The lowest BCUT2D eigenvalue weighted by Gasteiger charge is -2.22. The van der Waals surface area contributed by atoms with Crippen molar-refractivity contribution < 1.29 is 0 Å². The standard InChI is InChI=1S/C84H53N5/c85-54-55-20-19-33-68(46-55)69-53-82(87-76-40-34-62(56-21-7-1-8-22-56)47-70(76)71-48-63(35-41-77(71)87)57-23-9-2-10-24-57)86-84(89-80-44-38-66(60-29-15-5-16-30-60)51-74(80)75-52-67(39-45-81(75)89)61-31-17-6-18-32-61)83(69)88-78-42-36-64(58-25-11-3-12-26-58)49-72(78)73-50-65(37-43-79(73)88)59-27-13-4-14-28-59/h1-53H. The molecule has 0 spiro atoms. The van der Waals surface area contributed by atoms with Crippen LogP contribution in [0.5, 0.6) is 0 Å². The minimum atomic E-state index is 0.563. The molecule has 0 radical (unpaired) electrons. The van der Waals surface area contributed by atoms with Gasteiger partial charge in [0.15, 0.2) is 5.82 Å². The van der Waals surface area contributed by atoms with Crippen molar-refractivity contribution in [3.05, 3.63) is 327 Å². The first-order valence-corrected chi connectivity index (χ1v) is 30.2. The van der Waals surface area contributed by atoms with Gasteiger partial charge in [-0.2, -0.15) is 5.26 Å². The predicted molar refractivity (Wildman–Crippen MR) is 370 cm³/mol. The van der Waals surface area contributed by atoms with E-state index in [9.17, 15) is 5.26 Å². The van der Waals surface area contributed by atoms with Crippen LogP contribution in [0.1, 0.15) is 5.56 Å². The van der Waals surface area contributed by atoms with Crippen LogP contribution in [0.25, 0.3) is 161 Å². The molecule has 4 aromatic heterocycles. The summed E-state index contributed by atoms with van der Waals surface area (Å²) in [6, 6.07) is 118. The Morgan fingerprint density at radius 3 is 0.820 bits per heavy atom. The number of fused-ring (bicyclic) bond motifs is 9. The van der Waals surface area contributed by atoms with E-state index in [0.717, 1.165) is 161 Å². The fourth-order valence-electron chi connectivity index (χ4n) is 13.6. The molecule has 0 N–H and O–H groups in total. The van der Waals surface area contributed by atoms with Crippen LogP contribution in [0.4, 0.5) is 0 Å². The van der Waals surface area contributed by atoms with Crippen molar-refractivity contribution in [3.63, 3.8) is 0 Å². The van der Waals surface area contributed by atoms with Crippen LogP contribution in [0.3, 0.4) is 0 Å². The van der Waals surface area contributed by atoms with Crippen molar-refractivity contribution in [1.82, 2.24) is 18.7 Å². The summed E-state index contributed by atoms with van der Waals surface area (Å²) in [7, 11) is 0. The molecule has 0 fully saturated rings. The van der Waals surface area contributed by atoms with E-state index in [1.54, 1.807) is 0 Å². The smallest absolute Gasteiger partial charge is 0.165 e. The van der Waals surface area contributed by atoms with Crippen LogP contribution in [-0.2, 0) is 0 Å². The summed E-state index contributed by atoms with van der Waals surface area (Å²) in [5.74, 6) is 1.46. The highest BCUT2D eigenvalue weighted by Gasteiger charge is 2.28. The fourth-order valence-corrected chi connectivity index (χ4v) is 13.6. The van der Waals surface area contributed by atoms with Gasteiger partial charge in [-0.3, -0.25) is 9.13 Å². The summed E-state index contributed by atoms with van der Waals surface area (Å²) in [4.78, 5) is 6.25. The van der Waals surface area contributed by atoms with E-state index in [-0.39, 0.29) is 0 Å². The Morgan fingerprint density at radius 1 is 0.236 bits per heavy atom. The minimum Gasteiger partial charge on any atom is -0.305 e. The highest BCUT2D eigenvalue weighted by Crippen LogP contribution is 2.47. The Kier molecular flexibility index (Phi) is 12.2. The zero-order valence-corrected chi connectivity index (χ0v) is 48.3. The van der Waals surface area contributed by atoms with Crippen molar-refractivity contribution in [1.29, 1.82) is 5.26 Å². The molecule has 0 saturated carbocycles. The van der Waals surface area contributed by atoms with E-state index < -0.39 is 0 Å². The van der Waals surface area contributed by atoms with Gasteiger partial charge in [0.1, 0.15) is 5.82 Å². The van der Waals surface area contributed by atoms with Crippen molar-refractivity contribution in [3.8, 4) is 101 Å². The zero-order valence-electron chi connectivity index (χ0n) is 48.3. The molecule has 4 heterocycles. The summed E-state index contributed by atoms with van der Waals surface area (Å²) in [5.41, 5.74) is 23.0. The topological polar surface area (TPSA) is 51.5 Å². The van der Waals surface area contributed by atoms with Gasteiger partial charge < -0.3 is 4.57 Å². The largest absolute Gasteiger partial charge is 0.305 e. The van der Waals surface area contributed by atoms with Gasteiger partial charge in [-0.1, -0.05) is 231 Å². The van der Waals surface area contributed by atoms with E-state index in [2.05, 4.69) is 323 Å². The molecule has 13 aromatic carbocycles. The van der Waals surface area contributed by atoms with Crippen LogP contribution in [0, 0.1) is 11.3 Å². The second-order valence-electron chi connectivity index (χ2n) is 23.0. The quantitative estimate of drug-likeness (QED) is 0.137. The number of nitriles is 1. The van der Waals surface area contributed by atoms with Crippen LogP contribution in [0.15, 0.2) is 322 Å². The van der Waals surface area contributed by atoms with Crippen molar-refractivity contribution in [2.45, 2.75) is 0 Å². The number of rotatable bonds is 10. The van der Waals surface area contributed by atoms with Crippen LogP contribution >= 0.6 is 0 Å². The van der Waals surface area contributed by atoms with Gasteiger partial charge in [-0.25, -0.2) is 4.98 Å². The Hall–Kier alpha value is -12.1. The molecule has 89 heavy (non-hydrogen) atoms. The molecule has 0 aliphatic heterocycles. The van der Waals surface area contributed by atoms with E-state index in [4.69, 9.17) is 4.98 Å². The molecule has 5 heteroatoms. The Labute approximate surface area is 514 Å². The third-order valence-corrected chi connectivity index (χ3v) is 17.9. The number of aromatic nitrogens is 4. The molecular weight excluding hydrogens is 1080 g/mol. The van der Waals surface area contributed by atoms with Crippen LogP contribution in [0.2, 0.25) is 0 Å². The first-order chi connectivity index (χ1) is 44.1. The lowest BCUT2D eigenvalue weighted by molar-refractivity contribution is 0.985. The minimum absolute atomic E-state index is 0.563. The molecule has 5 nitrogen and oxygen atoms in total. The monoisotopic (exact) mass is 1130 g/mol. The average molecular weight is 1130 g/mol. The van der Waals surface area contributed by atoms with E-state index in [1.807, 2.05) is 18.2 Å². The summed E-state index contributed by atoms with van der Waals surface area (Å²) < 4.78 is 7.22. The molecule has 0 saturated heterocycles. The first kappa shape index (κ1) is 51.3. The average Bonchev–Trinajstić information content (AvgIpc) is 1.60. The van der Waals surface area contributed by atoms with E-state index >= 15 is 0 Å². The second kappa shape index (κ2) is 21.1. The van der Waals surface area contributed by atoms with Crippen molar-refractivity contribution >= 4 is 65.4 Å². The summed E-state index contributed by atoms with van der Waals surface area (Å²) in [5, 5.41) is 17.5. The predicted octanol–water partition coefficient (Wildman–Crippen LogP) is 21.9. The second-order valence-corrected chi connectivity index (χ2v) is 23.0. The molecule has 0 amide bonds. The summed E-state index contributed by atoms with van der Waals surface area (Å²) in [6.07, 6.45) is 0. The maximum atomic E-state index is 10.8. The maximum Gasteiger partial charge on any atom is 0.165 e. The van der Waals surface area contributed by atoms with Gasteiger partial charge in [0.2, 0.25) is 0 Å². The normalized spacial score (nSPS) is 11.6. The lowest BCUT2D eigenvalue weighted by atomic mass is 10.0. The molecule has 0 atom stereocenters. The Morgan fingerprint density at radius 2 is 0.517 bits per heavy atom. The van der Waals surface area contributed by atoms with Crippen LogP contribution < -0.4 is 0 Å². The highest BCUT2D eigenvalue weighted by molar-refractivity contribution is 6.16. The van der Waals surface area contributed by atoms with Gasteiger partial charge in [0, 0.05) is 37.9 Å². The van der Waals surface area contributed by atoms with Crippen molar-refractivity contribution in [2.75, 3.05) is 0 Å². The summed E-state index contributed by atoms with van der Waals surface area (Å²) in [6.45, 7) is 0. The number of nitrogens with zero attached hydrogens (tertiary/aromatic N) is 5.